The molecule has 0 amide bonds. The van der Waals surface area contributed by atoms with Crippen LogP contribution >= 0.6 is 23.1 Å². The van der Waals surface area contributed by atoms with Crippen molar-refractivity contribution in [1.82, 2.24) is 14.8 Å². The Morgan fingerprint density at radius 3 is 2.79 bits per heavy atom. The van der Waals surface area contributed by atoms with E-state index in [2.05, 4.69) is 19.7 Å². The summed E-state index contributed by atoms with van der Waals surface area (Å²) < 4.78 is 7.65. The van der Waals surface area contributed by atoms with Crippen LogP contribution in [0.3, 0.4) is 0 Å². The summed E-state index contributed by atoms with van der Waals surface area (Å²) in [6, 6.07) is 4.39. The highest BCUT2D eigenvalue weighted by molar-refractivity contribution is 7.99. The number of Topliss-reactive ketones (excluding diaryl/α,β-unsaturated/α-hetero) is 1. The van der Waals surface area contributed by atoms with Crippen LogP contribution in [0.15, 0.2) is 17.3 Å². The quantitative estimate of drug-likeness (QED) is 0.580. The van der Waals surface area contributed by atoms with Crippen LogP contribution in [0.4, 0.5) is 5.95 Å². The van der Waals surface area contributed by atoms with Crippen molar-refractivity contribution in [2.24, 2.45) is 0 Å². The minimum Gasteiger partial charge on any atom is -0.378 e. The van der Waals surface area contributed by atoms with Gasteiger partial charge in [0.15, 0.2) is 10.9 Å². The third kappa shape index (κ3) is 3.36. The van der Waals surface area contributed by atoms with Gasteiger partial charge in [0.25, 0.3) is 0 Å². The summed E-state index contributed by atoms with van der Waals surface area (Å²) in [5.41, 5.74) is 0. The largest absolute Gasteiger partial charge is 0.378 e. The number of anilines is 1. The summed E-state index contributed by atoms with van der Waals surface area (Å²) in [5.74, 6) is 1.51. The van der Waals surface area contributed by atoms with Gasteiger partial charge < -0.3 is 9.64 Å². The van der Waals surface area contributed by atoms with Crippen LogP contribution in [0.1, 0.15) is 33.4 Å². The molecule has 0 radical (unpaired) electrons. The number of nitrogens with zero attached hydrogens (tertiary/aromatic N) is 4. The van der Waals surface area contributed by atoms with Crippen LogP contribution in [0.5, 0.6) is 0 Å². The Labute approximate surface area is 149 Å². The lowest BCUT2D eigenvalue weighted by molar-refractivity contribution is 0.102. The van der Waals surface area contributed by atoms with E-state index in [1.807, 2.05) is 19.1 Å². The van der Waals surface area contributed by atoms with E-state index in [0.29, 0.717) is 11.8 Å². The van der Waals surface area contributed by atoms with E-state index >= 15 is 0 Å². The monoisotopic (exact) mass is 364 g/mol. The number of carbonyl (C=O) groups is 1. The first-order valence-corrected chi connectivity index (χ1v) is 10.0. The van der Waals surface area contributed by atoms with Crippen molar-refractivity contribution >= 4 is 34.8 Å². The van der Waals surface area contributed by atoms with Crippen LogP contribution < -0.4 is 4.90 Å². The Morgan fingerprint density at radius 2 is 2.12 bits per heavy atom. The van der Waals surface area contributed by atoms with Gasteiger partial charge in [0, 0.05) is 24.0 Å². The molecule has 2 aromatic heterocycles. The van der Waals surface area contributed by atoms with Gasteiger partial charge in [0.05, 0.1) is 23.8 Å². The van der Waals surface area contributed by atoms with Crippen molar-refractivity contribution in [3.05, 3.63) is 21.9 Å². The fourth-order valence-electron chi connectivity index (χ4n) is 2.78. The second-order valence-electron chi connectivity index (χ2n) is 6.11. The maximum Gasteiger partial charge on any atom is 0.228 e. The van der Waals surface area contributed by atoms with Crippen molar-refractivity contribution in [3.63, 3.8) is 0 Å². The van der Waals surface area contributed by atoms with Crippen LogP contribution in [0.2, 0.25) is 0 Å². The predicted molar refractivity (Wildman–Crippen MR) is 95.4 cm³/mol. The van der Waals surface area contributed by atoms with Gasteiger partial charge >= 0.3 is 0 Å². The molecular weight excluding hydrogens is 344 g/mol. The summed E-state index contributed by atoms with van der Waals surface area (Å²) in [6.07, 6.45) is 2.34. The SMILES string of the molecule is Cc1ccc(C(=O)CSc2nnc(N3CCOCC3)n2C2CC2)s1. The average molecular weight is 364 g/mol. The van der Waals surface area contributed by atoms with E-state index in [4.69, 9.17) is 4.74 Å². The lowest BCUT2D eigenvalue weighted by Crippen LogP contribution is -2.38. The summed E-state index contributed by atoms with van der Waals surface area (Å²) in [7, 11) is 0. The minimum atomic E-state index is 0.163. The molecule has 1 aliphatic carbocycles. The van der Waals surface area contributed by atoms with Crippen molar-refractivity contribution in [3.8, 4) is 0 Å². The van der Waals surface area contributed by atoms with Gasteiger partial charge in [-0.25, -0.2) is 0 Å². The summed E-state index contributed by atoms with van der Waals surface area (Å²) in [4.78, 5) is 16.6. The first-order chi connectivity index (χ1) is 11.7. The second kappa shape index (κ2) is 6.85. The summed E-state index contributed by atoms with van der Waals surface area (Å²) >= 11 is 3.05. The molecule has 1 aliphatic heterocycles. The second-order valence-corrected chi connectivity index (χ2v) is 8.34. The van der Waals surface area contributed by atoms with Crippen LogP contribution in [-0.2, 0) is 4.74 Å². The molecule has 24 heavy (non-hydrogen) atoms. The zero-order chi connectivity index (χ0) is 16.5. The molecule has 6 nitrogen and oxygen atoms in total. The number of morpholine rings is 1. The fourth-order valence-corrected chi connectivity index (χ4v) is 4.57. The molecule has 128 valence electrons. The van der Waals surface area contributed by atoms with Crippen LogP contribution in [0, 0.1) is 6.92 Å². The number of rotatable bonds is 6. The summed E-state index contributed by atoms with van der Waals surface area (Å²) in [6.45, 7) is 5.19. The number of hydrogen-bond acceptors (Lipinski definition) is 7. The third-order valence-corrected chi connectivity index (χ3v) is 6.18. The first-order valence-electron chi connectivity index (χ1n) is 8.22. The molecule has 2 aliphatic rings. The predicted octanol–water partition coefficient (Wildman–Crippen LogP) is 2.79. The molecule has 8 heteroatoms. The molecule has 3 heterocycles. The van der Waals surface area contributed by atoms with Gasteiger partial charge in [-0.15, -0.1) is 21.5 Å². The number of aromatic nitrogens is 3. The smallest absolute Gasteiger partial charge is 0.228 e. The number of thioether (sulfide) groups is 1. The van der Waals surface area contributed by atoms with E-state index in [0.717, 1.165) is 42.3 Å². The maximum absolute atomic E-state index is 12.3. The van der Waals surface area contributed by atoms with Gasteiger partial charge in [-0.3, -0.25) is 9.36 Å². The van der Waals surface area contributed by atoms with Crippen LogP contribution in [0.25, 0.3) is 0 Å². The molecule has 0 bridgehead atoms. The van der Waals surface area contributed by atoms with Crippen LogP contribution in [-0.4, -0.2) is 52.6 Å². The van der Waals surface area contributed by atoms with E-state index in [9.17, 15) is 4.79 Å². The van der Waals surface area contributed by atoms with Gasteiger partial charge in [0.1, 0.15) is 0 Å². The summed E-state index contributed by atoms with van der Waals surface area (Å²) in [5, 5.41) is 9.64. The van der Waals surface area contributed by atoms with E-state index < -0.39 is 0 Å². The molecule has 0 aromatic carbocycles. The number of aryl methyl sites for hydroxylation is 1. The highest BCUT2D eigenvalue weighted by atomic mass is 32.2. The van der Waals surface area contributed by atoms with Gasteiger partial charge in [0.2, 0.25) is 5.95 Å². The molecule has 0 spiro atoms. The van der Waals surface area contributed by atoms with E-state index in [1.165, 1.54) is 29.5 Å². The molecule has 1 saturated heterocycles. The maximum atomic E-state index is 12.3. The van der Waals surface area contributed by atoms with Crippen molar-refractivity contribution in [1.29, 1.82) is 0 Å². The highest BCUT2D eigenvalue weighted by Gasteiger charge is 2.32. The third-order valence-electron chi connectivity index (χ3n) is 4.20. The fraction of sp³-hybridized carbons (Fsp3) is 0.562. The molecule has 2 fully saturated rings. The Kier molecular flexibility index (Phi) is 4.60. The lowest BCUT2D eigenvalue weighted by Gasteiger charge is -2.27. The number of hydrogen-bond donors (Lipinski definition) is 0. The average Bonchev–Trinajstić information content (AvgIpc) is 3.20. The molecular formula is C16H20N4O2S2. The van der Waals surface area contributed by atoms with E-state index in [1.54, 1.807) is 11.3 Å². The molecule has 2 aromatic rings. The van der Waals surface area contributed by atoms with Gasteiger partial charge in [-0.2, -0.15) is 0 Å². The zero-order valence-corrected chi connectivity index (χ0v) is 15.2. The van der Waals surface area contributed by atoms with Crippen molar-refractivity contribution < 1.29 is 9.53 Å². The topological polar surface area (TPSA) is 60.3 Å². The Bertz CT molecular complexity index is 732. The van der Waals surface area contributed by atoms with Gasteiger partial charge in [-0.05, 0) is 31.9 Å². The standard InChI is InChI=1S/C16H20N4O2S2/c1-11-2-5-14(24-11)13(21)10-23-16-18-17-15(20(16)12-3-4-12)19-6-8-22-9-7-19/h2,5,12H,3-4,6-10H2,1H3. The zero-order valence-electron chi connectivity index (χ0n) is 13.6. The Morgan fingerprint density at radius 1 is 1.33 bits per heavy atom. The first kappa shape index (κ1) is 16.1. The molecule has 0 unspecified atom stereocenters. The highest BCUT2D eigenvalue weighted by Crippen LogP contribution is 2.41. The minimum absolute atomic E-state index is 0.163. The number of ketones is 1. The number of ether oxygens (including phenoxy) is 1. The normalized spacial score (nSPS) is 18.1. The Balaban J connectivity index is 1.48. The van der Waals surface area contributed by atoms with E-state index in [-0.39, 0.29) is 5.78 Å². The molecule has 1 saturated carbocycles. The van der Waals surface area contributed by atoms with Crippen molar-refractivity contribution in [2.75, 3.05) is 37.0 Å². The number of thiophene rings is 1. The Hall–Kier alpha value is -1.38. The molecule has 0 N–H and O–H groups in total. The molecule has 0 atom stereocenters. The number of carbonyl (C=O) groups excluding carboxylic acids is 1. The molecule has 4 rings (SSSR count). The van der Waals surface area contributed by atoms with Crippen molar-refractivity contribution in [2.45, 2.75) is 31.0 Å². The van der Waals surface area contributed by atoms with Gasteiger partial charge in [-0.1, -0.05) is 11.8 Å². The lowest BCUT2D eigenvalue weighted by atomic mass is 10.3.